The molecule has 0 aliphatic rings. The molecule has 0 saturated heterocycles. The third kappa shape index (κ3) is 4.37. The summed E-state index contributed by atoms with van der Waals surface area (Å²) in [5, 5.41) is 24.0. The van der Waals surface area contributed by atoms with Crippen LogP contribution in [0, 0.1) is 10.1 Å². The van der Waals surface area contributed by atoms with E-state index < -0.39 is 27.8 Å². The number of aromatic hydroxyl groups is 1. The van der Waals surface area contributed by atoms with E-state index >= 15 is 0 Å². The SMILES string of the molecule is O=C(c1ccc(Cl)cc1)c1ccc(NC(=O)c2c(O)cccc2[N+](=O)[O-])cc1Cl. The van der Waals surface area contributed by atoms with Crippen LogP contribution in [0.5, 0.6) is 5.75 Å². The van der Waals surface area contributed by atoms with Gasteiger partial charge in [-0.2, -0.15) is 0 Å². The number of phenols is 1. The second-order valence-electron chi connectivity index (χ2n) is 5.91. The lowest BCUT2D eigenvalue weighted by Gasteiger charge is -2.10. The Bertz CT molecular complexity index is 1130. The molecule has 0 saturated carbocycles. The van der Waals surface area contributed by atoms with Gasteiger partial charge in [0.15, 0.2) is 11.3 Å². The highest BCUT2D eigenvalue weighted by molar-refractivity contribution is 6.35. The molecule has 0 spiro atoms. The van der Waals surface area contributed by atoms with Gasteiger partial charge in [0.1, 0.15) is 5.75 Å². The van der Waals surface area contributed by atoms with Crippen LogP contribution in [0.25, 0.3) is 0 Å². The maximum atomic E-state index is 12.6. The van der Waals surface area contributed by atoms with Gasteiger partial charge in [0, 0.05) is 27.9 Å². The molecule has 1 amide bonds. The van der Waals surface area contributed by atoms with E-state index in [2.05, 4.69) is 5.32 Å². The Kier molecular flexibility index (Phi) is 5.81. The summed E-state index contributed by atoms with van der Waals surface area (Å²) in [6, 6.07) is 14.0. The fourth-order valence-electron chi connectivity index (χ4n) is 2.64. The van der Waals surface area contributed by atoms with Crippen LogP contribution in [0.2, 0.25) is 10.0 Å². The monoisotopic (exact) mass is 430 g/mol. The van der Waals surface area contributed by atoms with Crippen molar-refractivity contribution in [3.8, 4) is 5.75 Å². The Balaban J connectivity index is 1.86. The molecular formula is C20H12Cl2N2O5. The van der Waals surface area contributed by atoms with Crippen LogP contribution < -0.4 is 5.32 Å². The van der Waals surface area contributed by atoms with E-state index in [4.69, 9.17) is 23.2 Å². The van der Waals surface area contributed by atoms with Crippen molar-refractivity contribution in [2.24, 2.45) is 0 Å². The lowest BCUT2D eigenvalue weighted by atomic mass is 10.0. The first kappa shape index (κ1) is 20.3. The zero-order valence-corrected chi connectivity index (χ0v) is 16.1. The normalized spacial score (nSPS) is 10.4. The van der Waals surface area contributed by atoms with Gasteiger partial charge < -0.3 is 10.4 Å². The van der Waals surface area contributed by atoms with Crippen LogP contribution in [0.15, 0.2) is 60.7 Å². The maximum Gasteiger partial charge on any atom is 0.285 e. The Morgan fingerprint density at radius 1 is 1.00 bits per heavy atom. The van der Waals surface area contributed by atoms with Gasteiger partial charge in [-0.1, -0.05) is 29.3 Å². The third-order valence-corrected chi connectivity index (χ3v) is 4.59. The third-order valence-electron chi connectivity index (χ3n) is 4.02. The molecule has 0 fully saturated rings. The zero-order valence-electron chi connectivity index (χ0n) is 14.6. The summed E-state index contributed by atoms with van der Waals surface area (Å²) in [6.07, 6.45) is 0. The summed E-state index contributed by atoms with van der Waals surface area (Å²) >= 11 is 12.0. The van der Waals surface area contributed by atoms with Gasteiger partial charge in [-0.3, -0.25) is 19.7 Å². The number of anilines is 1. The van der Waals surface area contributed by atoms with Gasteiger partial charge >= 0.3 is 0 Å². The Morgan fingerprint density at radius 2 is 1.69 bits per heavy atom. The molecule has 0 unspecified atom stereocenters. The molecule has 3 aromatic carbocycles. The number of nitro benzene ring substituents is 1. The van der Waals surface area contributed by atoms with E-state index in [0.29, 0.717) is 10.6 Å². The van der Waals surface area contributed by atoms with Gasteiger partial charge in [0.25, 0.3) is 11.6 Å². The molecule has 0 heterocycles. The summed E-state index contributed by atoms with van der Waals surface area (Å²) in [5.41, 5.74) is -0.221. The summed E-state index contributed by atoms with van der Waals surface area (Å²) in [7, 11) is 0. The first-order valence-electron chi connectivity index (χ1n) is 8.15. The fourth-order valence-corrected chi connectivity index (χ4v) is 3.03. The molecule has 3 rings (SSSR count). The number of hydrogen-bond donors (Lipinski definition) is 2. The number of nitro groups is 1. The van der Waals surface area contributed by atoms with Crippen LogP contribution >= 0.6 is 23.2 Å². The number of phenolic OH excluding ortho intramolecular Hbond substituents is 1. The number of carbonyl (C=O) groups excluding carboxylic acids is 2. The van der Waals surface area contributed by atoms with E-state index in [9.17, 15) is 24.8 Å². The van der Waals surface area contributed by atoms with Gasteiger partial charge in [-0.25, -0.2) is 0 Å². The minimum absolute atomic E-state index is 0.0783. The topological polar surface area (TPSA) is 110 Å². The van der Waals surface area contributed by atoms with E-state index in [1.165, 1.54) is 30.3 Å². The number of nitrogens with one attached hydrogen (secondary N) is 1. The number of amides is 1. The highest BCUT2D eigenvalue weighted by Crippen LogP contribution is 2.29. The van der Waals surface area contributed by atoms with E-state index in [0.717, 1.165) is 6.07 Å². The highest BCUT2D eigenvalue weighted by atomic mass is 35.5. The first-order chi connectivity index (χ1) is 13.8. The van der Waals surface area contributed by atoms with Crippen molar-refractivity contribution in [2.45, 2.75) is 0 Å². The summed E-state index contributed by atoms with van der Waals surface area (Å²) in [4.78, 5) is 35.4. The number of hydrogen-bond acceptors (Lipinski definition) is 5. The van der Waals surface area contributed by atoms with Crippen LogP contribution in [-0.2, 0) is 0 Å². The zero-order chi connectivity index (χ0) is 21.1. The van der Waals surface area contributed by atoms with Gasteiger partial charge in [-0.05, 0) is 48.5 Å². The van der Waals surface area contributed by atoms with Crippen LogP contribution in [0.3, 0.4) is 0 Å². The van der Waals surface area contributed by atoms with Crippen molar-refractivity contribution in [2.75, 3.05) is 5.32 Å². The summed E-state index contributed by atoms with van der Waals surface area (Å²) in [5.74, 6) is -1.75. The number of halogens is 2. The van der Waals surface area contributed by atoms with Crippen molar-refractivity contribution in [1.82, 2.24) is 0 Å². The van der Waals surface area contributed by atoms with Crippen LogP contribution in [0.4, 0.5) is 11.4 Å². The largest absolute Gasteiger partial charge is 0.507 e. The molecule has 9 heteroatoms. The van der Waals surface area contributed by atoms with E-state index in [1.807, 2.05) is 0 Å². The standard InChI is InChI=1S/C20H12Cl2N2O5/c21-12-6-4-11(5-7-12)19(26)14-9-8-13(10-15(14)22)23-20(27)18-16(24(28)29)2-1-3-17(18)25/h1-10,25H,(H,23,27). The first-order valence-corrected chi connectivity index (χ1v) is 8.91. The van der Waals surface area contributed by atoms with Crippen molar-refractivity contribution < 1.29 is 19.6 Å². The Morgan fingerprint density at radius 3 is 2.31 bits per heavy atom. The van der Waals surface area contributed by atoms with Crippen LogP contribution in [0.1, 0.15) is 26.3 Å². The highest BCUT2D eigenvalue weighted by Gasteiger charge is 2.24. The minimum atomic E-state index is -0.886. The van der Waals surface area contributed by atoms with Crippen molar-refractivity contribution >= 4 is 46.3 Å². The quantitative estimate of drug-likeness (QED) is 0.332. The van der Waals surface area contributed by atoms with Crippen molar-refractivity contribution in [3.05, 3.63) is 97.5 Å². The Labute approximate surface area is 174 Å². The molecule has 29 heavy (non-hydrogen) atoms. The molecular weight excluding hydrogens is 419 g/mol. The predicted molar refractivity (Wildman–Crippen MR) is 109 cm³/mol. The molecule has 0 bridgehead atoms. The van der Waals surface area contributed by atoms with Gasteiger partial charge in [0.2, 0.25) is 0 Å². The number of carbonyl (C=O) groups is 2. The average molecular weight is 431 g/mol. The predicted octanol–water partition coefficient (Wildman–Crippen LogP) is 5.09. The van der Waals surface area contributed by atoms with E-state index in [-0.39, 0.29) is 22.1 Å². The second-order valence-corrected chi connectivity index (χ2v) is 6.76. The maximum absolute atomic E-state index is 12.6. The number of ketones is 1. The van der Waals surface area contributed by atoms with Crippen molar-refractivity contribution in [1.29, 1.82) is 0 Å². The molecule has 0 aromatic heterocycles. The lowest BCUT2D eigenvalue weighted by molar-refractivity contribution is -0.385. The summed E-state index contributed by atoms with van der Waals surface area (Å²) < 4.78 is 0. The average Bonchev–Trinajstić information content (AvgIpc) is 2.67. The molecule has 0 aliphatic carbocycles. The molecule has 3 aromatic rings. The van der Waals surface area contributed by atoms with Crippen molar-refractivity contribution in [3.63, 3.8) is 0 Å². The molecule has 0 aliphatic heterocycles. The smallest absolute Gasteiger partial charge is 0.285 e. The number of benzene rings is 3. The Hall–Kier alpha value is -3.42. The fraction of sp³-hybridized carbons (Fsp3) is 0. The number of nitrogens with zero attached hydrogens (tertiary/aromatic N) is 1. The molecule has 7 nitrogen and oxygen atoms in total. The van der Waals surface area contributed by atoms with E-state index in [1.54, 1.807) is 24.3 Å². The molecule has 146 valence electrons. The molecule has 2 N–H and O–H groups in total. The molecule has 0 atom stereocenters. The minimum Gasteiger partial charge on any atom is -0.507 e. The molecule has 0 radical (unpaired) electrons. The lowest BCUT2D eigenvalue weighted by Crippen LogP contribution is -2.14. The van der Waals surface area contributed by atoms with Gasteiger partial charge in [-0.15, -0.1) is 0 Å². The van der Waals surface area contributed by atoms with Crippen LogP contribution in [-0.4, -0.2) is 21.7 Å². The summed E-state index contributed by atoms with van der Waals surface area (Å²) in [6.45, 7) is 0. The number of rotatable bonds is 5. The second kappa shape index (κ2) is 8.30. The van der Waals surface area contributed by atoms with Gasteiger partial charge in [0.05, 0.1) is 9.95 Å².